The van der Waals surface area contributed by atoms with Crippen molar-refractivity contribution in [2.45, 2.75) is 0 Å². The molecule has 2 rings (SSSR count). The van der Waals surface area contributed by atoms with Crippen LogP contribution in [-0.2, 0) is 0 Å². The first-order valence-electron chi connectivity index (χ1n) is 4.90. The van der Waals surface area contributed by atoms with Crippen LogP contribution in [0.5, 0.6) is 11.5 Å². The van der Waals surface area contributed by atoms with Gasteiger partial charge in [0.25, 0.3) is 11.1 Å². The number of anilines is 4. The lowest BCUT2D eigenvalue weighted by Crippen LogP contribution is -2.12. The second-order valence-corrected chi connectivity index (χ2v) is 3.37. The number of hydrogen-bond donors (Lipinski definition) is 8. The molecule has 0 radical (unpaired) electrons. The largest absolute Gasteiger partial charge is 0.500 e. The molecule has 0 spiro atoms. The van der Waals surface area contributed by atoms with Crippen molar-refractivity contribution in [3.8, 4) is 11.5 Å². The van der Waals surface area contributed by atoms with Gasteiger partial charge in [-0.05, 0) is 0 Å². The Morgan fingerprint density at radius 2 is 1.05 bits per heavy atom. The fourth-order valence-corrected chi connectivity index (χ4v) is 1.01. The highest BCUT2D eigenvalue weighted by molar-refractivity contribution is 5.46. The first kappa shape index (κ1) is 14.6. The average molecular weight is 284 g/mol. The molecule has 0 unspecified atom stereocenters. The molecule has 0 aliphatic heterocycles. The molecule has 12 heteroatoms. The molecule has 0 atom stereocenters. The minimum absolute atomic E-state index is 0.111. The Labute approximate surface area is 110 Å². The van der Waals surface area contributed by atoms with Crippen LogP contribution < -0.4 is 34.1 Å². The van der Waals surface area contributed by atoms with Gasteiger partial charge in [-0.1, -0.05) is 0 Å². The van der Waals surface area contributed by atoms with Gasteiger partial charge in [-0.25, -0.2) is 0 Å². The second kappa shape index (κ2) is 5.47. The number of hydrogen-bond acceptors (Lipinski definition) is 10. The van der Waals surface area contributed by atoms with Crippen molar-refractivity contribution in [3.05, 3.63) is 20.7 Å². The molecular weight excluding hydrogens is 272 g/mol. The van der Waals surface area contributed by atoms with E-state index in [2.05, 4.69) is 19.9 Å². The van der Waals surface area contributed by atoms with Crippen LogP contribution >= 0.6 is 0 Å². The lowest BCUT2D eigenvalue weighted by atomic mass is 10.5. The molecule has 0 bridgehead atoms. The van der Waals surface area contributed by atoms with Gasteiger partial charge in [-0.3, -0.25) is 19.6 Å². The third kappa shape index (κ3) is 3.28. The molecule has 2 aromatic rings. The van der Waals surface area contributed by atoms with Gasteiger partial charge >= 0.3 is 0 Å². The van der Waals surface area contributed by atoms with Crippen LogP contribution in [-0.4, -0.2) is 30.1 Å². The SMILES string of the molecule is Nc1nc(N)c(O)c(=O)[nH]1.Nc1nc(N)c(O)c(=O)[nH]1. The Hall–Kier alpha value is -3.44. The third-order valence-corrected chi connectivity index (χ3v) is 1.88. The number of aromatic nitrogens is 4. The zero-order valence-electron chi connectivity index (χ0n) is 9.91. The Morgan fingerprint density at radius 3 is 1.30 bits per heavy atom. The second-order valence-electron chi connectivity index (χ2n) is 3.37. The topological polar surface area (TPSA) is 236 Å². The van der Waals surface area contributed by atoms with E-state index >= 15 is 0 Å². The molecule has 0 aliphatic rings. The number of nitrogen functional groups attached to an aromatic ring is 4. The molecule has 12 N–H and O–H groups in total. The van der Waals surface area contributed by atoms with E-state index in [0.29, 0.717) is 0 Å². The monoisotopic (exact) mass is 284 g/mol. The summed E-state index contributed by atoms with van der Waals surface area (Å²) in [5.41, 5.74) is 18.8. The molecule has 0 fully saturated rings. The molecular formula is C8H12N8O4. The predicted molar refractivity (Wildman–Crippen MR) is 70.7 cm³/mol. The number of aromatic amines is 2. The highest BCUT2D eigenvalue weighted by Crippen LogP contribution is 2.09. The lowest BCUT2D eigenvalue weighted by Gasteiger charge is -1.95. The Kier molecular flexibility index (Phi) is 4.00. The summed E-state index contributed by atoms with van der Waals surface area (Å²) < 4.78 is 0. The van der Waals surface area contributed by atoms with E-state index in [0.717, 1.165) is 0 Å². The molecule has 0 aromatic carbocycles. The fraction of sp³-hybridized carbons (Fsp3) is 0. The van der Waals surface area contributed by atoms with E-state index in [1.807, 2.05) is 0 Å². The lowest BCUT2D eigenvalue weighted by molar-refractivity contribution is 0.466. The van der Waals surface area contributed by atoms with Gasteiger partial charge < -0.3 is 33.1 Å². The smallest absolute Gasteiger partial charge is 0.296 e. The van der Waals surface area contributed by atoms with Crippen molar-refractivity contribution in [2.75, 3.05) is 22.9 Å². The molecule has 0 saturated carbocycles. The molecule has 108 valence electrons. The molecule has 2 heterocycles. The number of nitrogens with zero attached hydrogens (tertiary/aromatic N) is 2. The van der Waals surface area contributed by atoms with E-state index in [4.69, 9.17) is 33.1 Å². The van der Waals surface area contributed by atoms with Crippen molar-refractivity contribution < 1.29 is 10.2 Å². The van der Waals surface area contributed by atoms with Crippen molar-refractivity contribution in [1.29, 1.82) is 0 Å². The predicted octanol–water partition coefficient (Wildman–Crippen LogP) is -2.72. The first-order chi connectivity index (χ1) is 9.22. The Bertz CT molecular complexity index is 673. The molecule has 2 aromatic heterocycles. The normalized spacial score (nSPS) is 9.60. The van der Waals surface area contributed by atoms with Gasteiger partial charge in [0, 0.05) is 0 Å². The van der Waals surface area contributed by atoms with Crippen LogP contribution in [0.4, 0.5) is 23.5 Å². The number of nitrogens with one attached hydrogen (secondary N) is 2. The first-order valence-corrected chi connectivity index (χ1v) is 4.90. The molecule has 0 saturated heterocycles. The summed E-state index contributed by atoms with van der Waals surface area (Å²) in [6, 6.07) is 0. The molecule has 20 heavy (non-hydrogen) atoms. The fourth-order valence-electron chi connectivity index (χ4n) is 1.01. The van der Waals surface area contributed by atoms with Crippen molar-refractivity contribution in [1.82, 2.24) is 19.9 Å². The summed E-state index contributed by atoms with van der Waals surface area (Å²) >= 11 is 0. The van der Waals surface area contributed by atoms with E-state index < -0.39 is 22.6 Å². The van der Waals surface area contributed by atoms with Crippen LogP contribution in [0.3, 0.4) is 0 Å². The van der Waals surface area contributed by atoms with Crippen molar-refractivity contribution in [2.24, 2.45) is 0 Å². The van der Waals surface area contributed by atoms with Crippen LogP contribution in [0.25, 0.3) is 0 Å². The number of aromatic hydroxyl groups is 2. The Balaban J connectivity index is 0.000000200. The summed E-state index contributed by atoms with van der Waals surface area (Å²) in [6.07, 6.45) is 0. The zero-order valence-corrected chi connectivity index (χ0v) is 9.91. The number of nitrogens with two attached hydrogens (primary N) is 4. The van der Waals surface area contributed by atoms with Gasteiger partial charge in [0.15, 0.2) is 11.6 Å². The third-order valence-electron chi connectivity index (χ3n) is 1.88. The van der Waals surface area contributed by atoms with Crippen molar-refractivity contribution >= 4 is 23.5 Å². The maximum absolute atomic E-state index is 10.6. The standard InChI is InChI=1S/2C4H6N4O2/c2*5-2-1(9)3(10)8-4(6)7-2/h2*9H,(H5,5,6,7,8,10). The number of rotatable bonds is 0. The highest BCUT2D eigenvalue weighted by atomic mass is 16.3. The maximum atomic E-state index is 10.6. The minimum atomic E-state index is -0.731. The van der Waals surface area contributed by atoms with E-state index in [1.54, 1.807) is 0 Å². The summed E-state index contributed by atoms with van der Waals surface area (Å²) in [5, 5.41) is 17.5. The zero-order chi connectivity index (χ0) is 15.4. The van der Waals surface area contributed by atoms with Crippen molar-refractivity contribution in [3.63, 3.8) is 0 Å². The average Bonchev–Trinajstić information content (AvgIpc) is 2.33. The van der Waals surface area contributed by atoms with Gasteiger partial charge in [-0.15, -0.1) is 0 Å². The van der Waals surface area contributed by atoms with Crippen LogP contribution in [0.2, 0.25) is 0 Å². The summed E-state index contributed by atoms with van der Waals surface area (Å²) in [4.78, 5) is 32.0. The minimum Gasteiger partial charge on any atom is -0.500 e. The van der Waals surface area contributed by atoms with Gasteiger partial charge in [0.1, 0.15) is 0 Å². The summed E-state index contributed by atoms with van der Waals surface area (Å²) in [7, 11) is 0. The van der Waals surface area contributed by atoms with Crippen LogP contribution in [0.1, 0.15) is 0 Å². The van der Waals surface area contributed by atoms with Gasteiger partial charge in [-0.2, -0.15) is 9.97 Å². The molecule has 12 nitrogen and oxygen atoms in total. The molecule has 0 amide bonds. The van der Waals surface area contributed by atoms with Gasteiger partial charge in [0.2, 0.25) is 23.4 Å². The van der Waals surface area contributed by atoms with Crippen LogP contribution in [0.15, 0.2) is 9.59 Å². The maximum Gasteiger partial charge on any atom is 0.296 e. The highest BCUT2D eigenvalue weighted by Gasteiger charge is 2.03. The molecule has 0 aliphatic carbocycles. The van der Waals surface area contributed by atoms with E-state index in [-0.39, 0.29) is 23.5 Å². The number of H-pyrrole nitrogens is 2. The van der Waals surface area contributed by atoms with E-state index in [9.17, 15) is 9.59 Å². The summed E-state index contributed by atoms with van der Waals surface area (Å²) in [5.74, 6) is -1.95. The summed E-state index contributed by atoms with van der Waals surface area (Å²) in [6.45, 7) is 0. The van der Waals surface area contributed by atoms with E-state index in [1.165, 1.54) is 0 Å². The van der Waals surface area contributed by atoms with Gasteiger partial charge in [0.05, 0.1) is 0 Å². The Morgan fingerprint density at radius 1 is 0.750 bits per heavy atom. The van der Waals surface area contributed by atoms with Crippen LogP contribution in [0, 0.1) is 0 Å². The quantitative estimate of drug-likeness (QED) is 0.248.